The minimum Gasteiger partial charge on any atom is -0.496 e. The summed E-state index contributed by atoms with van der Waals surface area (Å²) in [5.41, 5.74) is 11.0. The number of amides is 2. The van der Waals surface area contributed by atoms with Gasteiger partial charge in [0.15, 0.2) is 0 Å². The van der Waals surface area contributed by atoms with Crippen molar-refractivity contribution in [3.8, 4) is 5.75 Å². The molecule has 5 N–H and O–H groups in total. The first-order valence-electron chi connectivity index (χ1n) is 6.02. The Kier molecular flexibility index (Phi) is 5.45. The Balaban J connectivity index is 2.80. The maximum Gasteiger partial charge on any atom is 0.237 e. The van der Waals surface area contributed by atoms with Crippen molar-refractivity contribution in [1.29, 1.82) is 0 Å². The summed E-state index contributed by atoms with van der Waals surface area (Å²) in [7, 11) is 1.45. The molecule has 0 saturated heterocycles. The smallest absolute Gasteiger partial charge is 0.237 e. The van der Waals surface area contributed by atoms with Crippen LogP contribution in [0.15, 0.2) is 18.2 Å². The monoisotopic (exact) mass is 283 g/mol. The number of benzene rings is 1. The summed E-state index contributed by atoms with van der Waals surface area (Å²) < 4.78 is 18.4. The molecule has 0 spiro atoms. The molecule has 0 fully saturated rings. The lowest BCUT2D eigenvalue weighted by molar-refractivity contribution is -0.126. The molecule has 0 aromatic heterocycles. The Morgan fingerprint density at radius 3 is 2.65 bits per heavy atom. The molecule has 0 saturated carbocycles. The second-order valence-corrected chi connectivity index (χ2v) is 4.39. The van der Waals surface area contributed by atoms with Crippen LogP contribution in [0.1, 0.15) is 24.9 Å². The van der Waals surface area contributed by atoms with E-state index in [1.54, 1.807) is 6.92 Å². The van der Waals surface area contributed by atoms with Crippen LogP contribution in [0.3, 0.4) is 0 Å². The molecule has 1 rings (SSSR count). The minimum atomic E-state index is -1.03. The van der Waals surface area contributed by atoms with Crippen molar-refractivity contribution < 1.29 is 18.7 Å². The molecule has 20 heavy (non-hydrogen) atoms. The predicted octanol–water partition coefficient (Wildman–Crippen LogP) is 0.214. The van der Waals surface area contributed by atoms with Crippen molar-refractivity contribution in [2.75, 3.05) is 7.11 Å². The summed E-state index contributed by atoms with van der Waals surface area (Å²) in [5.74, 6) is -1.20. The van der Waals surface area contributed by atoms with Crippen LogP contribution in [-0.4, -0.2) is 25.0 Å². The number of carbonyl (C=O) groups is 2. The fourth-order valence-corrected chi connectivity index (χ4v) is 1.75. The standard InChI is InChI=1S/C13H18FN3O3/c1-7(17-13(19)10(15)6-12(16)18)9-5-8(14)3-4-11(9)20-2/h3-5,7,10H,6,15H2,1-2H3,(H2,16,18)(H,17,19). The molecule has 0 heterocycles. The SMILES string of the molecule is COc1ccc(F)cc1C(C)NC(=O)C(N)CC(N)=O. The lowest BCUT2D eigenvalue weighted by atomic mass is 10.1. The molecular weight excluding hydrogens is 265 g/mol. The number of rotatable bonds is 6. The van der Waals surface area contributed by atoms with E-state index >= 15 is 0 Å². The zero-order valence-corrected chi connectivity index (χ0v) is 11.4. The first-order chi connectivity index (χ1) is 9.35. The van der Waals surface area contributed by atoms with Crippen LogP contribution in [0.5, 0.6) is 5.75 Å². The number of halogens is 1. The fourth-order valence-electron chi connectivity index (χ4n) is 1.75. The van der Waals surface area contributed by atoms with Crippen LogP contribution < -0.4 is 21.5 Å². The van der Waals surface area contributed by atoms with E-state index in [1.165, 1.54) is 25.3 Å². The predicted molar refractivity (Wildman–Crippen MR) is 71.3 cm³/mol. The highest BCUT2D eigenvalue weighted by Gasteiger charge is 2.20. The Bertz CT molecular complexity index is 508. The number of hydrogen-bond donors (Lipinski definition) is 3. The molecule has 1 aromatic carbocycles. The molecule has 2 amide bonds. The van der Waals surface area contributed by atoms with E-state index in [0.29, 0.717) is 11.3 Å². The van der Waals surface area contributed by atoms with Crippen LogP contribution in [0.25, 0.3) is 0 Å². The zero-order valence-electron chi connectivity index (χ0n) is 11.4. The van der Waals surface area contributed by atoms with Crippen molar-refractivity contribution in [2.24, 2.45) is 11.5 Å². The van der Waals surface area contributed by atoms with Gasteiger partial charge >= 0.3 is 0 Å². The third kappa shape index (κ3) is 4.20. The number of primary amides is 1. The molecular formula is C13H18FN3O3. The third-order valence-corrected chi connectivity index (χ3v) is 2.77. The molecule has 0 aliphatic rings. The molecule has 0 bridgehead atoms. The van der Waals surface area contributed by atoms with Gasteiger partial charge in [0, 0.05) is 5.56 Å². The number of ether oxygens (including phenoxy) is 1. The van der Waals surface area contributed by atoms with Gasteiger partial charge in [-0.3, -0.25) is 9.59 Å². The average Bonchev–Trinajstić information content (AvgIpc) is 2.37. The molecule has 0 radical (unpaired) electrons. The van der Waals surface area contributed by atoms with Gasteiger partial charge in [0.05, 0.1) is 25.6 Å². The summed E-state index contributed by atoms with van der Waals surface area (Å²) >= 11 is 0. The molecule has 6 nitrogen and oxygen atoms in total. The Labute approximate surface area is 116 Å². The van der Waals surface area contributed by atoms with E-state index in [9.17, 15) is 14.0 Å². The van der Waals surface area contributed by atoms with E-state index in [-0.39, 0.29) is 6.42 Å². The normalized spacial score (nSPS) is 13.4. The topological polar surface area (TPSA) is 107 Å². The van der Waals surface area contributed by atoms with Crippen molar-refractivity contribution in [3.05, 3.63) is 29.6 Å². The van der Waals surface area contributed by atoms with Crippen LogP contribution in [-0.2, 0) is 9.59 Å². The highest BCUT2D eigenvalue weighted by Crippen LogP contribution is 2.25. The van der Waals surface area contributed by atoms with Crippen LogP contribution in [0.4, 0.5) is 4.39 Å². The Hall–Kier alpha value is -2.15. The van der Waals surface area contributed by atoms with Gasteiger partial charge in [0.25, 0.3) is 0 Å². The van der Waals surface area contributed by atoms with Crippen LogP contribution >= 0.6 is 0 Å². The van der Waals surface area contributed by atoms with E-state index < -0.39 is 29.7 Å². The average molecular weight is 283 g/mol. The number of carbonyl (C=O) groups excluding carboxylic acids is 2. The quantitative estimate of drug-likeness (QED) is 0.693. The van der Waals surface area contributed by atoms with Crippen molar-refractivity contribution in [1.82, 2.24) is 5.32 Å². The van der Waals surface area contributed by atoms with Gasteiger partial charge in [0.2, 0.25) is 11.8 Å². The van der Waals surface area contributed by atoms with Gasteiger partial charge in [0.1, 0.15) is 11.6 Å². The summed E-state index contributed by atoms with van der Waals surface area (Å²) in [5, 5.41) is 2.58. The Morgan fingerprint density at radius 2 is 2.10 bits per heavy atom. The fraction of sp³-hybridized carbons (Fsp3) is 0.385. The first-order valence-corrected chi connectivity index (χ1v) is 6.02. The van der Waals surface area contributed by atoms with Crippen molar-refractivity contribution in [2.45, 2.75) is 25.4 Å². The summed E-state index contributed by atoms with van der Waals surface area (Å²) in [6.07, 6.45) is -0.251. The summed E-state index contributed by atoms with van der Waals surface area (Å²) in [4.78, 5) is 22.5. The van der Waals surface area contributed by atoms with Gasteiger partial charge in [-0.05, 0) is 25.1 Å². The van der Waals surface area contributed by atoms with Crippen LogP contribution in [0, 0.1) is 5.82 Å². The first kappa shape index (κ1) is 15.9. The lowest BCUT2D eigenvalue weighted by Gasteiger charge is -2.19. The van der Waals surface area contributed by atoms with Crippen molar-refractivity contribution >= 4 is 11.8 Å². The highest BCUT2D eigenvalue weighted by molar-refractivity contribution is 5.87. The van der Waals surface area contributed by atoms with Gasteiger partial charge in [-0.1, -0.05) is 0 Å². The largest absolute Gasteiger partial charge is 0.496 e. The highest BCUT2D eigenvalue weighted by atomic mass is 19.1. The van der Waals surface area contributed by atoms with Gasteiger partial charge in [-0.15, -0.1) is 0 Å². The molecule has 2 atom stereocenters. The maximum atomic E-state index is 13.3. The number of nitrogens with two attached hydrogens (primary N) is 2. The summed E-state index contributed by atoms with van der Waals surface area (Å²) in [6.45, 7) is 1.66. The number of methoxy groups -OCH3 is 1. The maximum absolute atomic E-state index is 13.3. The summed E-state index contributed by atoms with van der Waals surface area (Å²) in [6, 6.07) is 2.44. The van der Waals surface area contributed by atoms with Gasteiger partial charge in [-0.25, -0.2) is 4.39 Å². The number of nitrogens with one attached hydrogen (secondary N) is 1. The molecule has 1 aromatic rings. The van der Waals surface area contributed by atoms with E-state index in [0.717, 1.165) is 0 Å². The molecule has 7 heteroatoms. The molecule has 0 aliphatic carbocycles. The molecule has 0 aliphatic heterocycles. The zero-order chi connectivity index (χ0) is 15.3. The Morgan fingerprint density at radius 1 is 1.45 bits per heavy atom. The number of hydrogen-bond acceptors (Lipinski definition) is 4. The van der Waals surface area contributed by atoms with Gasteiger partial charge in [-0.2, -0.15) is 0 Å². The second kappa shape index (κ2) is 6.85. The van der Waals surface area contributed by atoms with Crippen LogP contribution in [0.2, 0.25) is 0 Å². The minimum absolute atomic E-state index is 0.251. The van der Waals surface area contributed by atoms with E-state index in [2.05, 4.69) is 5.32 Å². The second-order valence-electron chi connectivity index (χ2n) is 4.39. The molecule has 2 unspecified atom stereocenters. The molecule has 110 valence electrons. The third-order valence-electron chi connectivity index (χ3n) is 2.77. The van der Waals surface area contributed by atoms with E-state index in [1.807, 2.05) is 0 Å². The van der Waals surface area contributed by atoms with E-state index in [4.69, 9.17) is 16.2 Å². The lowest BCUT2D eigenvalue weighted by Crippen LogP contribution is -2.43. The van der Waals surface area contributed by atoms with Gasteiger partial charge < -0.3 is 21.5 Å². The van der Waals surface area contributed by atoms with Crippen molar-refractivity contribution in [3.63, 3.8) is 0 Å².